The third kappa shape index (κ3) is 5.52. The van der Waals surface area contributed by atoms with Gasteiger partial charge in [-0.1, -0.05) is 19.6 Å². The first-order chi connectivity index (χ1) is 16.7. The number of ether oxygens (including phenoxy) is 2. The first kappa shape index (κ1) is 24.8. The maximum Gasteiger partial charge on any atom is 0.163 e. The fraction of sp³-hybridized carbons (Fsp3) is 0.385. The van der Waals surface area contributed by atoms with Crippen molar-refractivity contribution in [1.82, 2.24) is 19.1 Å². The Labute approximate surface area is 206 Å². The number of aromatic nitrogens is 4. The molecule has 0 saturated carbocycles. The quantitative estimate of drug-likeness (QED) is 0.137. The molecule has 4 aromatic rings. The molecule has 3 aromatic heterocycles. The van der Waals surface area contributed by atoms with Gasteiger partial charge in [0.15, 0.2) is 11.9 Å². The van der Waals surface area contributed by atoms with E-state index in [0.717, 1.165) is 50.8 Å². The predicted octanol–water partition coefficient (Wildman–Crippen LogP) is 5.06. The first-order valence-corrected chi connectivity index (χ1v) is 15.5. The van der Waals surface area contributed by atoms with Gasteiger partial charge < -0.3 is 19.5 Å². The minimum absolute atomic E-state index is 0.0608. The summed E-state index contributed by atoms with van der Waals surface area (Å²) in [4.78, 5) is 20.3. The second-order valence-corrected chi connectivity index (χ2v) is 15.7. The average Bonchev–Trinajstić information content (AvgIpc) is 3.35. The van der Waals surface area contributed by atoms with Crippen molar-refractivity contribution in [3.8, 4) is 17.0 Å². The molecule has 1 aromatic carbocycles. The van der Waals surface area contributed by atoms with E-state index >= 15 is 0 Å². The smallest absolute Gasteiger partial charge is 0.163 e. The van der Waals surface area contributed by atoms with Crippen LogP contribution in [-0.4, -0.2) is 52.9 Å². The second-order valence-electron chi connectivity index (χ2n) is 10.1. The maximum absolute atomic E-state index is 10.8. The molecule has 0 unspecified atom stereocenters. The predicted molar refractivity (Wildman–Crippen MR) is 142 cm³/mol. The van der Waals surface area contributed by atoms with Crippen LogP contribution in [0.15, 0.2) is 36.7 Å². The van der Waals surface area contributed by atoms with Crippen molar-refractivity contribution >= 4 is 42.1 Å². The number of rotatable bonds is 11. The molecule has 3 heterocycles. The third-order valence-electron chi connectivity index (χ3n) is 6.13. The van der Waals surface area contributed by atoms with Crippen LogP contribution in [0.25, 0.3) is 33.3 Å². The molecule has 184 valence electrons. The Morgan fingerprint density at radius 3 is 2.74 bits per heavy atom. The average molecular weight is 492 g/mol. The highest BCUT2D eigenvalue weighted by atomic mass is 28.3. The number of nitrogens with zero attached hydrogens (tertiary/aromatic N) is 4. The van der Waals surface area contributed by atoms with Gasteiger partial charge >= 0.3 is 0 Å². The number of hydrogen-bond donors (Lipinski definition) is 1. The summed E-state index contributed by atoms with van der Waals surface area (Å²) in [6.45, 7) is 8.11. The van der Waals surface area contributed by atoms with Crippen LogP contribution in [0, 0.1) is 5.41 Å². The van der Waals surface area contributed by atoms with Crippen LogP contribution in [0.4, 0.5) is 0 Å². The lowest BCUT2D eigenvalue weighted by Gasteiger charge is -2.16. The Kier molecular flexibility index (Phi) is 7.18. The zero-order valence-electron chi connectivity index (χ0n) is 21.1. The van der Waals surface area contributed by atoms with Crippen LogP contribution in [0.2, 0.25) is 25.7 Å². The summed E-state index contributed by atoms with van der Waals surface area (Å²) in [7, 11) is 2.50. The fourth-order valence-corrected chi connectivity index (χ4v) is 4.85. The highest BCUT2D eigenvalue weighted by Crippen LogP contribution is 2.35. The molecule has 0 bridgehead atoms. The van der Waals surface area contributed by atoms with Crippen molar-refractivity contribution in [2.75, 3.05) is 13.7 Å². The zero-order valence-corrected chi connectivity index (χ0v) is 22.1. The molecule has 9 heteroatoms. The van der Waals surface area contributed by atoms with Gasteiger partial charge in [-0.05, 0) is 43.2 Å². The Balaban J connectivity index is 1.77. The summed E-state index contributed by atoms with van der Waals surface area (Å²) in [6, 6.07) is 9.22. The summed E-state index contributed by atoms with van der Waals surface area (Å²) in [5.41, 5.74) is 5.47. The maximum atomic E-state index is 10.8. The molecular formula is C26H33N5O3Si. The molecule has 4 rings (SSSR count). The van der Waals surface area contributed by atoms with Crippen molar-refractivity contribution < 1.29 is 14.3 Å². The summed E-state index contributed by atoms with van der Waals surface area (Å²) >= 11 is 0. The number of hydrogen-bond acceptors (Lipinski definition) is 6. The molecule has 0 atom stereocenters. The number of aldehydes is 1. The minimum atomic E-state index is -1.20. The molecule has 0 radical (unpaired) electrons. The molecule has 1 N–H and O–H groups in total. The van der Waals surface area contributed by atoms with Crippen LogP contribution in [0.3, 0.4) is 0 Å². The Morgan fingerprint density at radius 1 is 1.23 bits per heavy atom. The van der Waals surface area contributed by atoms with Gasteiger partial charge in [-0.2, -0.15) is 0 Å². The van der Waals surface area contributed by atoms with E-state index in [1.165, 1.54) is 0 Å². The standard InChI is InChI=1S/C26H33N5O3Si/c1-30-15-22(21-12-20(33-2)8-9-24(21)30)25-13-23-26(31(25)17-34-10-11-35(3,4)5)28-14-19(29-23)7-6-18(27)16-32/h8-9,12-16,27H,6-7,10-11,17H2,1-5H3. The number of aryl methyl sites for hydroxylation is 2. The van der Waals surface area contributed by atoms with Gasteiger partial charge in [0.05, 0.1) is 30.4 Å². The van der Waals surface area contributed by atoms with Gasteiger partial charge in [-0.15, -0.1) is 0 Å². The van der Waals surface area contributed by atoms with Crippen LogP contribution >= 0.6 is 0 Å². The molecule has 0 aliphatic carbocycles. The van der Waals surface area contributed by atoms with Gasteiger partial charge in [-0.25, -0.2) is 9.97 Å². The molecule has 35 heavy (non-hydrogen) atoms. The Hall–Kier alpha value is -3.30. The van der Waals surface area contributed by atoms with Crippen molar-refractivity contribution in [1.29, 1.82) is 5.41 Å². The topological polar surface area (TPSA) is 95.0 Å². The number of fused-ring (bicyclic) bond motifs is 2. The van der Waals surface area contributed by atoms with Crippen molar-refractivity contribution in [3.63, 3.8) is 0 Å². The molecule has 0 spiro atoms. The van der Waals surface area contributed by atoms with E-state index in [0.29, 0.717) is 32.5 Å². The van der Waals surface area contributed by atoms with Crippen LogP contribution < -0.4 is 4.74 Å². The fourth-order valence-electron chi connectivity index (χ4n) is 4.09. The first-order valence-electron chi connectivity index (χ1n) is 11.8. The van der Waals surface area contributed by atoms with Gasteiger partial charge in [0.1, 0.15) is 18.0 Å². The van der Waals surface area contributed by atoms with Gasteiger partial charge in [0.25, 0.3) is 0 Å². The summed E-state index contributed by atoms with van der Waals surface area (Å²) < 4.78 is 15.8. The summed E-state index contributed by atoms with van der Waals surface area (Å²) in [5.74, 6) is 0.801. The summed E-state index contributed by atoms with van der Waals surface area (Å²) in [6.07, 6.45) is 5.27. The van der Waals surface area contributed by atoms with Gasteiger partial charge in [0, 0.05) is 44.4 Å². The van der Waals surface area contributed by atoms with Crippen molar-refractivity contribution in [3.05, 3.63) is 42.4 Å². The Morgan fingerprint density at radius 2 is 2.03 bits per heavy atom. The number of methoxy groups -OCH3 is 1. The van der Waals surface area contributed by atoms with Crippen molar-refractivity contribution in [2.24, 2.45) is 7.05 Å². The molecule has 0 saturated heterocycles. The van der Waals surface area contributed by atoms with E-state index in [1.54, 1.807) is 13.3 Å². The normalized spacial score (nSPS) is 11.9. The third-order valence-corrected chi connectivity index (χ3v) is 7.84. The van der Waals surface area contributed by atoms with E-state index in [-0.39, 0.29) is 5.71 Å². The largest absolute Gasteiger partial charge is 0.497 e. The highest BCUT2D eigenvalue weighted by molar-refractivity contribution is 6.76. The van der Waals surface area contributed by atoms with Gasteiger partial charge in [-0.3, -0.25) is 9.36 Å². The van der Waals surface area contributed by atoms with Crippen LogP contribution in [0.1, 0.15) is 12.1 Å². The molecule has 0 fully saturated rings. The SMILES string of the molecule is COc1ccc2c(c1)c(-c1cc3nc(CCC(=N)C=O)cnc3n1COCC[Si](C)(C)C)cn2C. The molecule has 8 nitrogen and oxygen atoms in total. The highest BCUT2D eigenvalue weighted by Gasteiger charge is 2.19. The molecule has 0 amide bonds. The molecular weight excluding hydrogens is 458 g/mol. The molecule has 0 aliphatic heterocycles. The van der Waals surface area contributed by atoms with E-state index in [1.807, 2.05) is 19.2 Å². The number of benzene rings is 1. The lowest BCUT2D eigenvalue weighted by Crippen LogP contribution is -2.22. The van der Waals surface area contributed by atoms with Gasteiger partial charge in [0.2, 0.25) is 0 Å². The minimum Gasteiger partial charge on any atom is -0.497 e. The monoisotopic (exact) mass is 491 g/mol. The lowest BCUT2D eigenvalue weighted by molar-refractivity contribution is -0.102. The van der Waals surface area contributed by atoms with E-state index in [4.69, 9.17) is 24.9 Å². The van der Waals surface area contributed by atoms with E-state index < -0.39 is 8.07 Å². The van der Waals surface area contributed by atoms with Crippen molar-refractivity contribution in [2.45, 2.75) is 45.3 Å². The Bertz CT molecular complexity index is 1380. The zero-order chi connectivity index (χ0) is 25.2. The van der Waals surface area contributed by atoms with E-state index in [9.17, 15) is 4.79 Å². The lowest BCUT2D eigenvalue weighted by atomic mass is 10.1. The van der Waals surface area contributed by atoms with Crippen LogP contribution in [-0.2, 0) is 29.7 Å². The number of carbonyl (C=O) groups is 1. The van der Waals surface area contributed by atoms with Crippen LogP contribution in [0.5, 0.6) is 5.75 Å². The molecule has 0 aliphatic rings. The second kappa shape index (κ2) is 10.1. The number of nitrogens with one attached hydrogen (secondary N) is 1. The summed E-state index contributed by atoms with van der Waals surface area (Å²) in [5, 5.41) is 8.69. The number of carbonyl (C=O) groups excluding carboxylic acids is 1. The van der Waals surface area contributed by atoms with E-state index in [2.05, 4.69) is 47.1 Å².